The first-order valence-corrected chi connectivity index (χ1v) is 9.84. The number of nitrogens with zero attached hydrogens (tertiary/aromatic N) is 1. The zero-order valence-corrected chi connectivity index (χ0v) is 16.4. The van der Waals surface area contributed by atoms with E-state index in [0.29, 0.717) is 0 Å². The fourth-order valence-corrected chi connectivity index (χ4v) is 4.11. The van der Waals surface area contributed by atoms with Crippen molar-refractivity contribution in [1.82, 2.24) is 9.97 Å². The Balaban J connectivity index is 1.96. The average Bonchev–Trinajstić information content (AvgIpc) is 3.01. The Morgan fingerprint density at radius 1 is 1.00 bits per heavy atom. The standard InChI is InChI=1S/C22H22BrN3/c1-14-11-12-15-16(8-5-10-20(15)25-14)21-17(6-2-3-13-24)18-7-4-9-19(23)22(18)26-21/h4-5,7-12,26H,2-3,6,13,24H2,1H3. The number of para-hydroxylation sites is 1. The lowest BCUT2D eigenvalue weighted by Gasteiger charge is -2.09. The Kier molecular flexibility index (Phi) is 4.79. The van der Waals surface area contributed by atoms with Crippen LogP contribution in [0.25, 0.3) is 33.1 Å². The van der Waals surface area contributed by atoms with E-state index in [-0.39, 0.29) is 0 Å². The number of nitrogens with one attached hydrogen (secondary N) is 1. The highest BCUT2D eigenvalue weighted by Crippen LogP contribution is 2.37. The van der Waals surface area contributed by atoms with Gasteiger partial charge in [0.15, 0.2) is 0 Å². The Hall–Kier alpha value is -2.17. The highest BCUT2D eigenvalue weighted by atomic mass is 79.9. The van der Waals surface area contributed by atoms with Crippen LogP contribution in [0.4, 0.5) is 0 Å². The molecule has 0 radical (unpaired) electrons. The van der Waals surface area contributed by atoms with Crippen molar-refractivity contribution >= 4 is 37.7 Å². The molecule has 0 aliphatic heterocycles. The van der Waals surface area contributed by atoms with E-state index in [1.807, 2.05) is 6.92 Å². The number of H-pyrrole nitrogens is 1. The Labute approximate surface area is 161 Å². The highest BCUT2D eigenvalue weighted by Gasteiger charge is 2.16. The summed E-state index contributed by atoms with van der Waals surface area (Å²) in [6.45, 7) is 2.77. The maximum absolute atomic E-state index is 5.72. The molecule has 0 amide bonds. The van der Waals surface area contributed by atoms with Gasteiger partial charge >= 0.3 is 0 Å². The lowest BCUT2D eigenvalue weighted by molar-refractivity contribution is 0.748. The third-order valence-corrected chi connectivity index (χ3v) is 5.57. The van der Waals surface area contributed by atoms with Crippen LogP contribution >= 0.6 is 15.9 Å². The van der Waals surface area contributed by atoms with Crippen LogP contribution in [-0.4, -0.2) is 16.5 Å². The largest absolute Gasteiger partial charge is 0.353 e. The van der Waals surface area contributed by atoms with Crippen LogP contribution in [0, 0.1) is 6.92 Å². The first-order chi connectivity index (χ1) is 12.7. The maximum atomic E-state index is 5.72. The Morgan fingerprint density at radius 3 is 2.69 bits per heavy atom. The van der Waals surface area contributed by atoms with E-state index in [2.05, 4.69) is 69.4 Å². The fourth-order valence-electron chi connectivity index (χ4n) is 3.65. The monoisotopic (exact) mass is 407 g/mol. The molecule has 2 aromatic heterocycles. The molecule has 0 unspecified atom stereocenters. The number of pyridine rings is 1. The number of rotatable bonds is 5. The molecule has 2 heterocycles. The summed E-state index contributed by atoms with van der Waals surface area (Å²) in [5.74, 6) is 0. The maximum Gasteiger partial charge on any atom is 0.0711 e. The third kappa shape index (κ3) is 3.04. The van der Waals surface area contributed by atoms with Gasteiger partial charge in [-0.3, -0.25) is 4.98 Å². The van der Waals surface area contributed by atoms with Gasteiger partial charge in [0.1, 0.15) is 0 Å². The summed E-state index contributed by atoms with van der Waals surface area (Å²) in [5.41, 5.74) is 12.7. The van der Waals surface area contributed by atoms with Gasteiger partial charge < -0.3 is 10.7 Å². The SMILES string of the molecule is Cc1ccc2c(-c3[nH]c4c(Br)cccc4c3CCCCN)cccc2n1. The van der Waals surface area contributed by atoms with Crippen molar-refractivity contribution in [1.29, 1.82) is 0 Å². The third-order valence-electron chi connectivity index (χ3n) is 4.91. The topological polar surface area (TPSA) is 54.7 Å². The Morgan fingerprint density at radius 2 is 1.85 bits per heavy atom. The summed E-state index contributed by atoms with van der Waals surface area (Å²) in [5, 5.41) is 2.46. The minimum Gasteiger partial charge on any atom is -0.353 e. The van der Waals surface area contributed by atoms with Gasteiger partial charge in [0.25, 0.3) is 0 Å². The number of benzene rings is 2. The molecular weight excluding hydrogens is 386 g/mol. The summed E-state index contributed by atoms with van der Waals surface area (Å²) in [6, 6.07) is 17.0. The quantitative estimate of drug-likeness (QED) is 0.414. The average molecular weight is 408 g/mol. The van der Waals surface area contributed by atoms with Crippen LogP contribution in [-0.2, 0) is 6.42 Å². The number of nitrogens with two attached hydrogens (primary N) is 1. The van der Waals surface area contributed by atoms with E-state index in [9.17, 15) is 0 Å². The molecule has 3 N–H and O–H groups in total. The summed E-state index contributed by atoms with van der Waals surface area (Å²) in [7, 11) is 0. The minimum atomic E-state index is 0.735. The van der Waals surface area contributed by atoms with E-state index < -0.39 is 0 Å². The molecule has 0 saturated carbocycles. The first-order valence-electron chi connectivity index (χ1n) is 9.05. The van der Waals surface area contributed by atoms with E-state index in [0.717, 1.165) is 47.0 Å². The van der Waals surface area contributed by atoms with Crippen LogP contribution < -0.4 is 5.73 Å². The van der Waals surface area contributed by atoms with Crippen LogP contribution in [0.15, 0.2) is 53.0 Å². The molecule has 0 spiro atoms. The number of hydrogen-bond acceptors (Lipinski definition) is 2. The molecule has 4 heteroatoms. The summed E-state index contributed by atoms with van der Waals surface area (Å²) in [4.78, 5) is 8.38. The van der Waals surface area contributed by atoms with Crippen molar-refractivity contribution < 1.29 is 0 Å². The highest BCUT2D eigenvalue weighted by molar-refractivity contribution is 9.10. The minimum absolute atomic E-state index is 0.735. The summed E-state index contributed by atoms with van der Waals surface area (Å²) >= 11 is 3.69. The molecule has 4 aromatic rings. The molecule has 0 fully saturated rings. The predicted molar refractivity (Wildman–Crippen MR) is 113 cm³/mol. The van der Waals surface area contributed by atoms with Crippen molar-refractivity contribution in [2.45, 2.75) is 26.2 Å². The number of aryl methyl sites for hydroxylation is 2. The van der Waals surface area contributed by atoms with Crippen LogP contribution in [0.2, 0.25) is 0 Å². The molecule has 0 aliphatic rings. The van der Waals surface area contributed by atoms with Gasteiger partial charge in [0.05, 0.1) is 16.7 Å². The van der Waals surface area contributed by atoms with Crippen molar-refractivity contribution in [2.75, 3.05) is 6.54 Å². The molecule has 2 aromatic carbocycles. The van der Waals surface area contributed by atoms with E-state index in [1.165, 1.54) is 27.6 Å². The molecular formula is C22H22BrN3. The molecule has 0 atom stereocenters. The number of halogens is 1. The van der Waals surface area contributed by atoms with Gasteiger partial charge in [-0.15, -0.1) is 0 Å². The molecule has 0 saturated heterocycles. The second kappa shape index (κ2) is 7.22. The van der Waals surface area contributed by atoms with E-state index in [4.69, 9.17) is 10.7 Å². The lowest BCUT2D eigenvalue weighted by Crippen LogP contribution is -1.99. The van der Waals surface area contributed by atoms with Crippen LogP contribution in [0.5, 0.6) is 0 Å². The van der Waals surface area contributed by atoms with Crippen LogP contribution in [0.1, 0.15) is 24.1 Å². The molecule has 4 rings (SSSR count). The van der Waals surface area contributed by atoms with Gasteiger partial charge in [-0.05, 0) is 72.4 Å². The van der Waals surface area contributed by atoms with Crippen molar-refractivity contribution in [3.05, 3.63) is 64.3 Å². The first kappa shape index (κ1) is 17.3. The molecule has 3 nitrogen and oxygen atoms in total. The number of unbranched alkanes of at least 4 members (excludes halogenated alkanes) is 1. The number of hydrogen-bond donors (Lipinski definition) is 2. The second-order valence-electron chi connectivity index (χ2n) is 6.71. The molecule has 0 bridgehead atoms. The van der Waals surface area contributed by atoms with Gasteiger partial charge in [-0.25, -0.2) is 0 Å². The fraction of sp³-hybridized carbons (Fsp3) is 0.227. The summed E-state index contributed by atoms with van der Waals surface area (Å²) < 4.78 is 1.09. The zero-order valence-electron chi connectivity index (χ0n) is 14.8. The normalized spacial score (nSPS) is 11.5. The van der Waals surface area contributed by atoms with Crippen molar-refractivity contribution in [3.63, 3.8) is 0 Å². The molecule has 132 valence electrons. The number of aromatic amines is 1. The Bertz CT molecular complexity index is 1080. The second-order valence-corrected chi connectivity index (χ2v) is 7.57. The van der Waals surface area contributed by atoms with Gasteiger partial charge in [0.2, 0.25) is 0 Å². The molecule has 26 heavy (non-hydrogen) atoms. The lowest BCUT2D eigenvalue weighted by atomic mass is 9.97. The van der Waals surface area contributed by atoms with Crippen LogP contribution in [0.3, 0.4) is 0 Å². The zero-order chi connectivity index (χ0) is 18.1. The van der Waals surface area contributed by atoms with E-state index >= 15 is 0 Å². The van der Waals surface area contributed by atoms with Crippen molar-refractivity contribution in [2.24, 2.45) is 5.73 Å². The number of aromatic nitrogens is 2. The van der Waals surface area contributed by atoms with Gasteiger partial charge in [0, 0.05) is 26.5 Å². The predicted octanol–water partition coefficient (Wildman–Crippen LogP) is 5.74. The van der Waals surface area contributed by atoms with Crippen molar-refractivity contribution in [3.8, 4) is 11.3 Å². The number of fused-ring (bicyclic) bond motifs is 2. The summed E-state index contributed by atoms with van der Waals surface area (Å²) in [6.07, 6.45) is 3.14. The smallest absolute Gasteiger partial charge is 0.0711 e. The van der Waals surface area contributed by atoms with E-state index in [1.54, 1.807) is 0 Å². The molecule has 0 aliphatic carbocycles. The van der Waals surface area contributed by atoms with Gasteiger partial charge in [-0.1, -0.05) is 30.3 Å². The van der Waals surface area contributed by atoms with Gasteiger partial charge in [-0.2, -0.15) is 0 Å².